The summed E-state index contributed by atoms with van der Waals surface area (Å²) in [6.45, 7) is 3.09. The van der Waals surface area contributed by atoms with Gasteiger partial charge in [-0.05, 0) is 42.4 Å². The molecular weight excluding hydrogens is 295 g/mol. The summed E-state index contributed by atoms with van der Waals surface area (Å²) < 4.78 is 7.85. The molecule has 1 aliphatic heterocycles. The van der Waals surface area contributed by atoms with Crippen LogP contribution in [0.1, 0.15) is 29.7 Å². The second kappa shape index (κ2) is 3.88. The number of carbonyl (C=O) groups is 1. The molecule has 0 N–H and O–H groups in total. The van der Waals surface area contributed by atoms with Crippen LogP contribution in [0.25, 0.3) is 0 Å². The third-order valence-corrected chi connectivity index (χ3v) is 3.14. The van der Waals surface area contributed by atoms with Crippen molar-refractivity contribution in [3.8, 4) is 0 Å². The summed E-state index contributed by atoms with van der Waals surface area (Å²) in [6, 6.07) is 0. The maximum Gasteiger partial charge on any atom is 0.374 e. The van der Waals surface area contributed by atoms with E-state index in [4.69, 9.17) is 4.74 Å². The number of carbonyl (C=O) groups excluding carboxylic acids is 1. The molecule has 0 saturated carbocycles. The number of imidazole rings is 1. The van der Waals surface area contributed by atoms with E-state index in [-0.39, 0.29) is 5.97 Å². The van der Waals surface area contributed by atoms with E-state index in [2.05, 4.69) is 27.6 Å². The van der Waals surface area contributed by atoms with Crippen LogP contribution in [-0.2, 0) is 17.7 Å². The molecule has 1 aliphatic rings. The van der Waals surface area contributed by atoms with Gasteiger partial charge in [0, 0.05) is 6.54 Å². The molecule has 2 heterocycles. The number of ether oxygens (including phenoxy) is 1. The van der Waals surface area contributed by atoms with Gasteiger partial charge >= 0.3 is 5.97 Å². The fraction of sp³-hybridized carbons (Fsp3) is 0.556. The first-order chi connectivity index (χ1) is 6.74. The lowest BCUT2D eigenvalue weighted by molar-refractivity contribution is 0.0506. The van der Waals surface area contributed by atoms with Crippen molar-refractivity contribution in [3.05, 3.63) is 15.2 Å². The molecular formula is C9H11IN2O2. The van der Waals surface area contributed by atoms with Gasteiger partial charge in [0.1, 0.15) is 3.70 Å². The average Bonchev–Trinajstić information content (AvgIpc) is 2.70. The van der Waals surface area contributed by atoms with Gasteiger partial charge in [0.15, 0.2) is 0 Å². The summed E-state index contributed by atoms with van der Waals surface area (Å²) in [5.41, 5.74) is 1.17. The first kappa shape index (κ1) is 9.95. The number of nitrogens with zero attached hydrogens (tertiary/aromatic N) is 2. The fourth-order valence-corrected chi connectivity index (χ4v) is 2.48. The number of hydrogen-bond donors (Lipinski definition) is 0. The van der Waals surface area contributed by atoms with Gasteiger partial charge in [0.05, 0.1) is 12.3 Å². The van der Waals surface area contributed by atoms with E-state index in [1.54, 1.807) is 6.92 Å². The van der Waals surface area contributed by atoms with Gasteiger partial charge < -0.3 is 9.30 Å². The molecule has 1 aromatic heterocycles. The van der Waals surface area contributed by atoms with E-state index in [1.807, 2.05) is 4.57 Å². The monoisotopic (exact) mass is 306 g/mol. The molecule has 5 heteroatoms. The Balaban J connectivity index is 2.35. The molecule has 0 atom stereocenters. The molecule has 1 aromatic rings. The molecule has 14 heavy (non-hydrogen) atoms. The quantitative estimate of drug-likeness (QED) is 0.616. The summed E-state index contributed by atoms with van der Waals surface area (Å²) in [5.74, 6) is 0.155. The Morgan fingerprint density at radius 3 is 3.21 bits per heavy atom. The molecule has 0 aliphatic carbocycles. The van der Waals surface area contributed by atoms with Crippen LogP contribution in [0.15, 0.2) is 0 Å². The van der Waals surface area contributed by atoms with Crippen LogP contribution in [0.5, 0.6) is 0 Å². The number of hydrogen-bond acceptors (Lipinski definition) is 3. The highest BCUT2D eigenvalue weighted by molar-refractivity contribution is 14.1. The van der Waals surface area contributed by atoms with Crippen molar-refractivity contribution in [3.63, 3.8) is 0 Å². The minimum Gasteiger partial charge on any atom is -0.460 e. The lowest BCUT2D eigenvalue weighted by atomic mass is 10.3. The van der Waals surface area contributed by atoms with Crippen molar-refractivity contribution in [2.45, 2.75) is 26.3 Å². The van der Waals surface area contributed by atoms with Crippen molar-refractivity contribution in [2.24, 2.45) is 0 Å². The smallest absolute Gasteiger partial charge is 0.374 e. The summed E-state index contributed by atoms with van der Waals surface area (Å²) in [4.78, 5) is 15.7. The zero-order valence-electron chi connectivity index (χ0n) is 7.92. The molecule has 0 bridgehead atoms. The largest absolute Gasteiger partial charge is 0.460 e. The van der Waals surface area contributed by atoms with E-state index >= 15 is 0 Å². The lowest BCUT2D eigenvalue weighted by Gasteiger charge is -2.02. The molecule has 0 unspecified atom stereocenters. The van der Waals surface area contributed by atoms with Gasteiger partial charge in [0.2, 0.25) is 5.82 Å². The van der Waals surface area contributed by atoms with E-state index < -0.39 is 0 Å². The van der Waals surface area contributed by atoms with Crippen LogP contribution in [0.4, 0.5) is 0 Å². The number of esters is 1. The van der Waals surface area contributed by atoms with Gasteiger partial charge in [-0.15, -0.1) is 0 Å². The molecule has 0 saturated heterocycles. The topological polar surface area (TPSA) is 44.1 Å². The second-order valence-corrected chi connectivity index (χ2v) is 4.17. The summed E-state index contributed by atoms with van der Waals surface area (Å²) in [6.07, 6.45) is 2.12. The Bertz CT molecular complexity index is 373. The van der Waals surface area contributed by atoms with E-state index in [0.717, 1.165) is 23.1 Å². The molecule has 0 amide bonds. The Hall–Kier alpha value is -0.590. The normalized spacial score (nSPS) is 14.1. The SMILES string of the molecule is CCOC(=O)c1nc(I)c2n1CCC2. The predicted molar refractivity (Wildman–Crippen MR) is 59.2 cm³/mol. The Labute approximate surface area is 95.8 Å². The molecule has 0 aromatic carbocycles. The summed E-state index contributed by atoms with van der Waals surface area (Å²) in [7, 11) is 0. The summed E-state index contributed by atoms with van der Waals surface area (Å²) in [5, 5.41) is 0. The molecule has 4 nitrogen and oxygen atoms in total. The minimum atomic E-state index is -0.307. The molecule has 0 spiro atoms. The molecule has 0 fully saturated rings. The number of fused-ring (bicyclic) bond motifs is 1. The summed E-state index contributed by atoms with van der Waals surface area (Å²) >= 11 is 2.17. The highest BCUT2D eigenvalue weighted by Crippen LogP contribution is 2.22. The average molecular weight is 306 g/mol. The molecule has 76 valence electrons. The Morgan fingerprint density at radius 1 is 1.71 bits per heavy atom. The first-order valence-corrected chi connectivity index (χ1v) is 5.74. The highest BCUT2D eigenvalue weighted by Gasteiger charge is 2.24. The number of rotatable bonds is 2. The predicted octanol–water partition coefficient (Wildman–Crippen LogP) is 1.61. The van der Waals surface area contributed by atoms with Gasteiger partial charge in [-0.3, -0.25) is 0 Å². The van der Waals surface area contributed by atoms with E-state index in [0.29, 0.717) is 12.4 Å². The zero-order chi connectivity index (χ0) is 10.1. The standard InChI is InChI=1S/C9H11IN2O2/c1-2-14-9(13)8-11-7(10)6-4-3-5-12(6)8/h2-5H2,1H3. The minimum absolute atomic E-state index is 0.307. The van der Waals surface area contributed by atoms with Crippen LogP contribution in [0.2, 0.25) is 0 Å². The highest BCUT2D eigenvalue weighted by atomic mass is 127. The van der Waals surface area contributed by atoms with Gasteiger partial charge in [-0.2, -0.15) is 0 Å². The first-order valence-electron chi connectivity index (χ1n) is 4.66. The van der Waals surface area contributed by atoms with Crippen molar-refractivity contribution in [1.29, 1.82) is 0 Å². The van der Waals surface area contributed by atoms with Gasteiger partial charge in [-0.1, -0.05) is 0 Å². The lowest BCUT2D eigenvalue weighted by Crippen LogP contribution is -2.12. The van der Waals surface area contributed by atoms with Crippen LogP contribution in [0.3, 0.4) is 0 Å². The van der Waals surface area contributed by atoms with Crippen LogP contribution in [0, 0.1) is 3.70 Å². The van der Waals surface area contributed by atoms with Crippen molar-refractivity contribution in [1.82, 2.24) is 9.55 Å². The molecule has 2 rings (SSSR count). The zero-order valence-corrected chi connectivity index (χ0v) is 10.1. The van der Waals surface area contributed by atoms with Gasteiger partial charge in [-0.25, -0.2) is 9.78 Å². The third kappa shape index (κ3) is 1.53. The van der Waals surface area contributed by atoms with Crippen LogP contribution in [-0.4, -0.2) is 22.1 Å². The Kier molecular flexibility index (Phi) is 2.76. The van der Waals surface area contributed by atoms with Crippen LogP contribution >= 0.6 is 22.6 Å². The second-order valence-electron chi connectivity index (χ2n) is 3.15. The van der Waals surface area contributed by atoms with E-state index in [1.165, 1.54) is 5.69 Å². The molecule has 0 radical (unpaired) electrons. The Morgan fingerprint density at radius 2 is 2.50 bits per heavy atom. The number of halogens is 1. The van der Waals surface area contributed by atoms with Crippen molar-refractivity contribution >= 4 is 28.6 Å². The van der Waals surface area contributed by atoms with E-state index in [9.17, 15) is 4.79 Å². The van der Waals surface area contributed by atoms with Crippen molar-refractivity contribution in [2.75, 3.05) is 6.61 Å². The van der Waals surface area contributed by atoms with Crippen LogP contribution < -0.4 is 0 Å². The maximum absolute atomic E-state index is 11.5. The maximum atomic E-state index is 11.5. The number of aromatic nitrogens is 2. The van der Waals surface area contributed by atoms with Gasteiger partial charge in [0.25, 0.3) is 0 Å². The fourth-order valence-electron chi connectivity index (χ4n) is 1.69. The van der Waals surface area contributed by atoms with Crippen molar-refractivity contribution < 1.29 is 9.53 Å². The third-order valence-electron chi connectivity index (χ3n) is 2.28.